The molecule has 4 rings (SSSR count). The van der Waals surface area contributed by atoms with Gasteiger partial charge in [-0.05, 0) is 61.2 Å². The molecule has 2 fully saturated rings. The van der Waals surface area contributed by atoms with Crippen molar-refractivity contribution >= 4 is 0 Å². The Hall–Kier alpha value is -1.52. The van der Waals surface area contributed by atoms with Crippen LogP contribution in [0.4, 0.5) is 0 Å². The fourth-order valence-electron chi connectivity index (χ4n) is 6.20. The lowest BCUT2D eigenvalue weighted by Gasteiger charge is -2.42. The van der Waals surface area contributed by atoms with Crippen LogP contribution in [0.1, 0.15) is 91.9 Å². The first kappa shape index (κ1) is 25.6. The van der Waals surface area contributed by atoms with Gasteiger partial charge in [-0.25, -0.2) is 0 Å². The third-order valence-corrected chi connectivity index (χ3v) is 8.37. The fraction of sp³-hybridized carbons (Fsp3) is 0.733. The zero-order chi connectivity index (χ0) is 24.2. The van der Waals surface area contributed by atoms with Gasteiger partial charge in [0.15, 0.2) is 5.76 Å². The van der Waals surface area contributed by atoms with Crippen molar-refractivity contribution in [2.75, 3.05) is 0 Å². The second-order valence-corrected chi connectivity index (χ2v) is 11.8. The molecule has 0 aromatic heterocycles. The molecule has 190 valence electrons. The average Bonchev–Trinajstić information content (AvgIpc) is 3.29. The molecule has 0 spiro atoms. The number of benzene rings is 1. The molecule has 7 unspecified atom stereocenters. The smallest absolute Gasteiger partial charge is 0.267 e. The molecule has 2 saturated carbocycles. The summed E-state index contributed by atoms with van der Waals surface area (Å²) in [5.41, 5.74) is 1.00. The summed E-state index contributed by atoms with van der Waals surface area (Å²) in [7, 11) is 0. The summed E-state index contributed by atoms with van der Waals surface area (Å²) >= 11 is 0. The molecule has 1 aromatic carbocycles. The van der Waals surface area contributed by atoms with Crippen LogP contribution in [0.3, 0.4) is 0 Å². The summed E-state index contributed by atoms with van der Waals surface area (Å²) < 4.78 is 26.0. The predicted octanol–water partition coefficient (Wildman–Crippen LogP) is 7.85. The van der Waals surface area contributed by atoms with Crippen molar-refractivity contribution in [1.29, 1.82) is 0 Å². The largest absolute Gasteiger partial charge is 0.455 e. The number of hydrogen-bond acceptors (Lipinski definition) is 4. The van der Waals surface area contributed by atoms with Gasteiger partial charge in [-0.2, -0.15) is 0 Å². The summed E-state index contributed by atoms with van der Waals surface area (Å²) in [6.45, 7) is 14.0. The molecule has 1 heterocycles. The van der Waals surface area contributed by atoms with Crippen LogP contribution >= 0.6 is 0 Å². The second kappa shape index (κ2) is 11.5. The molecule has 0 saturated heterocycles. The van der Waals surface area contributed by atoms with Crippen molar-refractivity contribution in [3.05, 3.63) is 47.9 Å². The highest BCUT2D eigenvalue weighted by molar-refractivity contribution is 5.18. The van der Waals surface area contributed by atoms with Gasteiger partial charge in [-0.15, -0.1) is 0 Å². The van der Waals surface area contributed by atoms with Gasteiger partial charge in [0.25, 0.3) is 6.29 Å². The first-order valence-electron chi connectivity index (χ1n) is 13.7. The van der Waals surface area contributed by atoms with Crippen LogP contribution in [-0.4, -0.2) is 18.5 Å². The molecule has 0 amide bonds. The SMILES string of the molecule is CC1CCC(C(C)C)C(OC(OC2CC(C)CCC2C(C)C)C2=COC(c3ccccc3)O2)C1. The van der Waals surface area contributed by atoms with Crippen molar-refractivity contribution in [1.82, 2.24) is 0 Å². The highest BCUT2D eigenvalue weighted by Crippen LogP contribution is 2.41. The maximum atomic E-state index is 6.87. The van der Waals surface area contributed by atoms with Crippen LogP contribution in [0.15, 0.2) is 42.4 Å². The predicted molar refractivity (Wildman–Crippen MR) is 136 cm³/mol. The Morgan fingerprint density at radius 3 is 1.79 bits per heavy atom. The monoisotopic (exact) mass is 470 g/mol. The number of ether oxygens (including phenoxy) is 4. The van der Waals surface area contributed by atoms with Gasteiger partial charge in [0.1, 0.15) is 6.26 Å². The topological polar surface area (TPSA) is 36.9 Å². The van der Waals surface area contributed by atoms with E-state index in [1.54, 1.807) is 6.26 Å². The normalized spacial score (nSPS) is 35.1. The molecule has 2 aliphatic carbocycles. The van der Waals surface area contributed by atoms with Crippen LogP contribution in [-0.2, 0) is 18.9 Å². The summed E-state index contributed by atoms with van der Waals surface area (Å²) in [4.78, 5) is 0. The van der Waals surface area contributed by atoms with Gasteiger partial charge >= 0.3 is 0 Å². The average molecular weight is 471 g/mol. The third-order valence-electron chi connectivity index (χ3n) is 8.37. The minimum atomic E-state index is -0.526. The Morgan fingerprint density at radius 1 is 0.765 bits per heavy atom. The van der Waals surface area contributed by atoms with E-state index < -0.39 is 12.6 Å². The zero-order valence-electron chi connectivity index (χ0n) is 22.1. The van der Waals surface area contributed by atoms with Crippen molar-refractivity contribution in [2.24, 2.45) is 35.5 Å². The maximum Gasteiger partial charge on any atom is 0.267 e. The molecule has 0 N–H and O–H groups in total. The van der Waals surface area contributed by atoms with Gasteiger partial charge in [-0.1, -0.05) is 84.7 Å². The van der Waals surface area contributed by atoms with Gasteiger partial charge in [0.2, 0.25) is 6.29 Å². The molecule has 4 nitrogen and oxygen atoms in total. The Morgan fingerprint density at radius 2 is 1.29 bits per heavy atom. The van der Waals surface area contributed by atoms with Crippen LogP contribution in [0.5, 0.6) is 0 Å². The lowest BCUT2D eigenvalue weighted by molar-refractivity contribution is -0.231. The van der Waals surface area contributed by atoms with Gasteiger partial charge in [0.05, 0.1) is 12.2 Å². The Labute approximate surface area is 207 Å². The van der Waals surface area contributed by atoms with Crippen molar-refractivity contribution < 1.29 is 18.9 Å². The van der Waals surface area contributed by atoms with Crippen molar-refractivity contribution in [2.45, 2.75) is 105 Å². The van der Waals surface area contributed by atoms with E-state index in [0.717, 1.165) is 18.4 Å². The van der Waals surface area contributed by atoms with Gasteiger partial charge in [-0.3, -0.25) is 0 Å². The van der Waals surface area contributed by atoms with E-state index in [0.29, 0.717) is 41.3 Å². The highest BCUT2D eigenvalue weighted by atomic mass is 16.8. The quantitative estimate of drug-likeness (QED) is 0.362. The van der Waals surface area contributed by atoms with Crippen molar-refractivity contribution in [3.8, 4) is 0 Å². The molecule has 4 heteroatoms. The lowest BCUT2D eigenvalue weighted by Crippen LogP contribution is -2.42. The number of rotatable bonds is 8. The second-order valence-electron chi connectivity index (χ2n) is 11.8. The van der Waals surface area contributed by atoms with Gasteiger partial charge < -0.3 is 18.9 Å². The van der Waals surface area contributed by atoms with E-state index in [4.69, 9.17) is 18.9 Å². The summed E-state index contributed by atoms with van der Waals surface area (Å²) in [5, 5.41) is 0. The van der Waals surface area contributed by atoms with E-state index in [1.165, 1.54) is 25.7 Å². The van der Waals surface area contributed by atoms with E-state index in [2.05, 4.69) is 41.5 Å². The standard InChI is InChI=1S/C30H46O4/c1-19(2)24-14-12-21(5)16-26(24)32-30(33-27-17-22(6)13-15-25(27)20(3)4)28-18-31-29(34-28)23-10-8-7-9-11-23/h7-11,18-22,24-27,29-30H,12-17H2,1-6H3. The lowest BCUT2D eigenvalue weighted by atomic mass is 9.75. The van der Waals surface area contributed by atoms with E-state index >= 15 is 0 Å². The molecule has 1 aliphatic heterocycles. The highest BCUT2D eigenvalue weighted by Gasteiger charge is 2.40. The van der Waals surface area contributed by atoms with E-state index in [1.807, 2.05) is 30.3 Å². The summed E-state index contributed by atoms with van der Waals surface area (Å²) in [6.07, 6.45) is 8.26. The molecule has 0 bridgehead atoms. The van der Waals surface area contributed by atoms with Crippen molar-refractivity contribution in [3.63, 3.8) is 0 Å². The van der Waals surface area contributed by atoms with Crippen LogP contribution < -0.4 is 0 Å². The molecule has 34 heavy (non-hydrogen) atoms. The number of hydrogen-bond donors (Lipinski definition) is 0. The molecular weight excluding hydrogens is 424 g/mol. The molecule has 3 aliphatic rings. The minimum Gasteiger partial charge on any atom is -0.455 e. The first-order chi connectivity index (χ1) is 16.3. The Balaban J connectivity index is 1.54. The van der Waals surface area contributed by atoms with Crippen LogP contribution in [0.25, 0.3) is 0 Å². The van der Waals surface area contributed by atoms with Crippen LogP contribution in [0.2, 0.25) is 0 Å². The minimum absolute atomic E-state index is 0.174. The molecule has 7 atom stereocenters. The summed E-state index contributed by atoms with van der Waals surface area (Å²) in [6, 6.07) is 10.1. The fourth-order valence-corrected chi connectivity index (χ4v) is 6.20. The van der Waals surface area contributed by atoms with E-state index in [9.17, 15) is 0 Å². The summed E-state index contributed by atoms with van der Waals surface area (Å²) in [5.74, 6) is 4.28. The van der Waals surface area contributed by atoms with Gasteiger partial charge in [0, 0.05) is 5.56 Å². The Kier molecular flexibility index (Phi) is 8.63. The Bertz CT molecular complexity index is 754. The first-order valence-corrected chi connectivity index (χ1v) is 13.7. The third kappa shape index (κ3) is 6.18. The van der Waals surface area contributed by atoms with Crippen LogP contribution in [0, 0.1) is 35.5 Å². The molecule has 0 radical (unpaired) electrons. The molecular formula is C30H46O4. The molecule has 1 aromatic rings. The zero-order valence-corrected chi connectivity index (χ0v) is 22.1. The maximum absolute atomic E-state index is 6.87. The van der Waals surface area contributed by atoms with E-state index in [-0.39, 0.29) is 12.2 Å².